The van der Waals surface area contributed by atoms with Crippen molar-refractivity contribution in [3.63, 3.8) is 0 Å². The van der Waals surface area contributed by atoms with Gasteiger partial charge in [-0.2, -0.15) is 0 Å². The molecule has 0 aliphatic rings. The molecule has 1 aromatic carbocycles. The van der Waals surface area contributed by atoms with E-state index in [-0.39, 0.29) is 6.61 Å². The molecule has 1 rings (SSSR count). The summed E-state index contributed by atoms with van der Waals surface area (Å²) in [7, 11) is 1.49. The van der Waals surface area contributed by atoms with Crippen molar-refractivity contribution in [3.05, 3.63) is 23.8 Å². The summed E-state index contributed by atoms with van der Waals surface area (Å²) in [5.74, 6) is 0.377. The van der Waals surface area contributed by atoms with Gasteiger partial charge in [-0.1, -0.05) is 6.07 Å². The first kappa shape index (κ1) is 10.5. The van der Waals surface area contributed by atoms with Crippen LogP contribution in [-0.4, -0.2) is 18.2 Å². The van der Waals surface area contributed by atoms with Crippen LogP contribution in [-0.2, 0) is 11.4 Å². The van der Waals surface area contributed by atoms with Gasteiger partial charge in [-0.05, 0) is 17.7 Å². The van der Waals surface area contributed by atoms with Crippen LogP contribution in [0.15, 0.2) is 18.2 Å². The van der Waals surface area contributed by atoms with Crippen molar-refractivity contribution in [1.82, 2.24) is 0 Å². The Hall–Kier alpha value is -1.55. The molecule has 4 nitrogen and oxygen atoms in total. The number of rotatable bonds is 3. The summed E-state index contributed by atoms with van der Waals surface area (Å²) in [6.07, 6.45) is 0. The average Bonchev–Trinajstić information content (AvgIpc) is 2.16. The Morgan fingerprint density at radius 1 is 1.43 bits per heavy atom. The SMILES string of the molecule is COc1ccc(CO)cc1OC(C)=O. The molecule has 1 N–H and O–H groups in total. The monoisotopic (exact) mass is 196 g/mol. The van der Waals surface area contributed by atoms with E-state index < -0.39 is 5.97 Å². The van der Waals surface area contributed by atoms with Gasteiger partial charge in [-0.25, -0.2) is 0 Å². The predicted molar refractivity (Wildman–Crippen MR) is 50.2 cm³/mol. The lowest BCUT2D eigenvalue weighted by Crippen LogP contribution is -2.03. The van der Waals surface area contributed by atoms with E-state index in [0.717, 1.165) is 0 Å². The van der Waals surface area contributed by atoms with E-state index in [0.29, 0.717) is 17.1 Å². The van der Waals surface area contributed by atoms with Gasteiger partial charge in [-0.3, -0.25) is 4.79 Å². The molecule has 0 aliphatic heterocycles. The number of esters is 1. The van der Waals surface area contributed by atoms with Gasteiger partial charge in [0.25, 0.3) is 0 Å². The number of methoxy groups -OCH3 is 1. The molecule has 0 bridgehead atoms. The van der Waals surface area contributed by atoms with Gasteiger partial charge in [0.15, 0.2) is 11.5 Å². The van der Waals surface area contributed by atoms with Crippen LogP contribution < -0.4 is 9.47 Å². The summed E-state index contributed by atoms with van der Waals surface area (Å²) >= 11 is 0. The van der Waals surface area contributed by atoms with E-state index in [4.69, 9.17) is 14.6 Å². The van der Waals surface area contributed by atoms with Gasteiger partial charge in [0.1, 0.15) is 0 Å². The lowest BCUT2D eigenvalue weighted by Gasteiger charge is -2.08. The Balaban J connectivity index is 3.01. The van der Waals surface area contributed by atoms with Crippen molar-refractivity contribution in [1.29, 1.82) is 0 Å². The van der Waals surface area contributed by atoms with Crippen molar-refractivity contribution in [3.8, 4) is 11.5 Å². The smallest absolute Gasteiger partial charge is 0.308 e. The number of aliphatic hydroxyl groups is 1. The number of carbonyl (C=O) groups is 1. The van der Waals surface area contributed by atoms with Gasteiger partial charge < -0.3 is 14.6 Å². The quantitative estimate of drug-likeness (QED) is 0.581. The Morgan fingerprint density at radius 3 is 2.64 bits per heavy atom. The third-order valence-electron chi connectivity index (χ3n) is 1.66. The molecule has 0 saturated heterocycles. The summed E-state index contributed by atoms with van der Waals surface area (Å²) < 4.78 is 9.89. The highest BCUT2D eigenvalue weighted by Gasteiger charge is 2.07. The molecule has 0 saturated carbocycles. The molecule has 0 heterocycles. The minimum atomic E-state index is -0.418. The molecular weight excluding hydrogens is 184 g/mol. The molecule has 0 atom stereocenters. The lowest BCUT2D eigenvalue weighted by atomic mass is 10.2. The molecule has 0 aliphatic carbocycles. The number of hydrogen-bond acceptors (Lipinski definition) is 4. The minimum Gasteiger partial charge on any atom is -0.493 e. The summed E-state index contributed by atoms with van der Waals surface area (Å²) in [5.41, 5.74) is 0.669. The van der Waals surface area contributed by atoms with Gasteiger partial charge >= 0.3 is 5.97 Å². The van der Waals surface area contributed by atoms with Gasteiger partial charge in [-0.15, -0.1) is 0 Å². The maximum Gasteiger partial charge on any atom is 0.308 e. The zero-order valence-corrected chi connectivity index (χ0v) is 8.11. The van der Waals surface area contributed by atoms with Crippen molar-refractivity contribution >= 4 is 5.97 Å². The summed E-state index contributed by atoms with van der Waals surface area (Å²) in [6.45, 7) is 1.21. The zero-order chi connectivity index (χ0) is 10.6. The first-order chi connectivity index (χ1) is 6.67. The highest BCUT2D eigenvalue weighted by Crippen LogP contribution is 2.28. The van der Waals surface area contributed by atoms with E-state index in [2.05, 4.69) is 0 Å². The van der Waals surface area contributed by atoms with Crippen molar-refractivity contribution in [2.75, 3.05) is 7.11 Å². The van der Waals surface area contributed by atoms with Crippen molar-refractivity contribution in [2.45, 2.75) is 13.5 Å². The normalized spacial score (nSPS) is 9.64. The third-order valence-corrected chi connectivity index (χ3v) is 1.66. The summed E-state index contributed by atoms with van der Waals surface area (Å²) in [6, 6.07) is 4.91. The molecule has 0 aromatic heterocycles. The average molecular weight is 196 g/mol. The fourth-order valence-electron chi connectivity index (χ4n) is 1.05. The van der Waals surface area contributed by atoms with Crippen molar-refractivity contribution < 1.29 is 19.4 Å². The van der Waals surface area contributed by atoms with E-state index >= 15 is 0 Å². The first-order valence-corrected chi connectivity index (χ1v) is 4.13. The van der Waals surface area contributed by atoms with Crippen LogP contribution >= 0.6 is 0 Å². The second-order valence-electron chi connectivity index (χ2n) is 2.74. The Labute approximate surface area is 82.1 Å². The Kier molecular flexibility index (Phi) is 3.48. The standard InChI is InChI=1S/C10H12O4/c1-7(12)14-10-5-8(6-11)3-4-9(10)13-2/h3-5,11H,6H2,1-2H3. The minimum absolute atomic E-state index is 0.0989. The highest BCUT2D eigenvalue weighted by molar-refractivity contribution is 5.70. The second kappa shape index (κ2) is 4.62. The number of aliphatic hydroxyl groups excluding tert-OH is 1. The summed E-state index contributed by atoms with van der Waals surface area (Å²) in [5, 5.41) is 8.88. The molecular formula is C10H12O4. The topological polar surface area (TPSA) is 55.8 Å². The highest BCUT2D eigenvalue weighted by atomic mass is 16.6. The number of hydrogen-bond donors (Lipinski definition) is 1. The molecule has 0 spiro atoms. The van der Waals surface area contributed by atoms with Crippen LogP contribution in [0.4, 0.5) is 0 Å². The van der Waals surface area contributed by atoms with Gasteiger partial charge in [0.05, 0.1) is 13.7 Å². The largest absolute Gasteiger partial charge is 0.493 e. The van der Waals surface area contributed by atoms with Gasteiger partial charge in [0, 0.05) is 6.92 Å². The van der Waals surface area contributed by atoms with E-state index in [1.54, 1.807) is 18.2 Å². The molecule has 1 aromatic rings. The molecule has 4 heteroatoms. The summed E-state index contributed by atoms with van der Waals surface area (Å²) in [4.78, 5) is 10.7. The molecule has 14 heavy (non-hydrogen) atoms. The van der Waals surface area contributed by atoms with Crippen LogP contribution in [0, 0.1) is 0 Å². The fraction of sp³-hybridized carbons (Fsp3) is 0.300. The molecule has 0 unspecified atom stereocenters. The Morgan fingerprint density at radius 2 is 2.14 bits per heavy atom. The van der Waals surface area contributed by atoms with E-state index in [1.165, 1.54) is 14.0 Å². The maximum atomic E-state index is 10.7. The third kappa shape index (κ3) is 2.47. The van der Waals surface area contributed by atoms with Crippen LogP contribution in [0.3, 0.4) is 0 Å². The van der Waals surface area contributed by atoms with Crippen LogP contribution in [0.25, 0.3) is 0 Å². The Bertz CT molecular complexity index is 333. The van der Waals surface area contributed by atoms with Crippen LogP contribution in [0.1, 0.15) is 12.5 Å². The first-order valence-electron chi connectivity index (χ1n) is 4.13. The molecule has 0 amide bonds. The maximum absolute atomic E-state index is 10.7. The lowest BCUT2D eigenvalue weighted by molar-refractivity contribution is -0.132. The molecule has 0 radical (unpaired) electrons. The predicted octanol–water partition coefficient (Wildman–Crippen LogP) is 1.11. The molecule has 0 fully saturated rings. The number of ether oxygens (including phenoxy) is 2. The number of benzene rings is 1. The zero-order valence-electron chi connectivity index (χ0n) is 8.11. The number of carbonyl (C=O) groups excluding carboxylic acids is 1. The molecule has 76 valence electrons. The van der Waals surface area contributed by atoms with Crippen LogP contribution in [0.2, 0.25) is 0 Å². The fourth-order valence-corrected chi connectivity index (χ4v) is 1.05. The van der Waals surface area contributed by atoms with Gasteiger partial charge in [0.2, 0.25) is 0 Å². The second-order valence-corrected chi connectivity index (χ2v) is 2.74. The van der Waals surface area contributed by atoms with Crippen LogP contribution in [0.5, 0.6) is 11.5 Å². The van der Waals surface area contributed by atoms with Crippen molar-refractivity contribution in [2.24, 2.45) is 0 Å². The van der Waals surface area contributed by atoms with E-state index in [1.807, 2.05) is 0 Å². The van der Waals surface area contributed by atoms with E-state index in [9.17, 15) is 4.79 Å².